The van der Waals surface area contributed by atoms with Crippen LogP contribution in [0.25, 0.3) is 0 Å². The number of oxime groups is 1. The second-order valence-corrected chi connectivity index (χ2v) is 3.50. The maximum atomic E-state index is 8.32. The molecule has 1 N–H and O–H groups in total. The van der Waals surface area contributed by atoms with E-state index in [-0.39, 0.29) is 0 Å². The van der Waals surface area contributed by atoms with Crippen LogP contribution in [-0.4, -0.2) is 29.5 Å². The quantitative estimate of drug-likeness (QED) is 0.457. The average molecular weight is 199 g/mol. The maximum Gasteiger partial charge on any atom is 0.185 e. The van der Waals surface area contributed by atoms with Crippen LogP contribution in [0, 0.1) is 0 Å². The monoisotopic (exact) mass is 199 g/mol. The summed E-state index contributed by atoms with van der Waals surface area (Å²) in [5.74, 6) is 0. The molecule has 0 aliphatic rings. The maximum absolute atomic E-state index is 8.32. The second kappa shape index (κ2) is 4.81. The first-order chi connectivity index (χ1) is 6.31. The van der Waals surface area contributed by atoms with Gasteiger partial charge in [0.15, 0.2) is 5.13 Å². The Balaban J connectivity index is 2.77. The van der Waals surface area contributed by atoms with Gasteiger partial charge in [-0.25, -0.2) is 4.98 Å². The van der Waals surface area contributed by atoms with E-state index >= 15 is 0 Å². The van der Waals surface area contributed by atoms with Gasteiger partial charge in [0, 0.05) is 19.3 Å². The van der Waals surface area contributed by atoms with E-state index in [1.165, 1.54) is 17.6 Å². The van der Waals surface area contributed by atoms with Crippen molar-refractivity contribution in [2.45, 2.75) is 13.8 Å². The van der Waals surface area contributed by atoms with E-state index in [2.05, 4.69) is 28.9 Å². The van der Waals surface area contributed by atoms with Gasteiger partial charge in [0.25, 0.3) is 0 Å². The lowest BCUT2D eigenvalue weighted by atomic mass is 10.6. The normalized spacial score (nSPS) is 10.9. The molecule has 13 heavy (non-hydrogen) atoms. The van der Waals surface area contributed by atoms with Crippen LogP contribution in [0.5, 0.6) is 0 Å². The molecule has 0 spiro atoms. The molecule has 5 heteroatoms. The van der Waals surface area contributed by atoms with Gasteiger partial charge < -0.3 is 10.1 Å². The van der Waals surface area contributed by atoms with Gasteiger partial charge in [0.1, 0.15) is 0 Å². The first-order valence-electron chi connectivity index (χ1n) is 4.20. The van der Waals surface area contributed by atoms with Crippen LogP contribution in [-0.2, 0) is 0 Å². The zero-order valence-electron chi connectivity index (χ0n) is 7.77. The van der Waals surface area contributed by atoms with Crippen molar-refractivity contribution >= 4 is 22.7 Å². The summed E-state index contributed by atoms with van der Waals surface area (Å²) in [6.45, 7) is 6.06. The molecule has 1 aromatic heterocycles. The summed E-state index contributed by atoms with van der Waals surface area (Å²) in [7, 11) is 0. The standard InChI is InChI=1S/C8H13N3OS/c1-3-11(4-2)8-9-5-7(13-8)6-10-12/h5-6,12H,3-4H2,1-2H3/b10-6+. The zero-order valence-corrected chi connectivity index (χ0v) is 8.58. The molecule has 72 valence electrons. The summed E-state index contributed by atoms with van der Waals surface area (Å²) in [5, 5.41) is 12.2. The van der Waals surface area contributed by atoms with Gasteiger partial charge in [-0.15, -0.1) is 0 Å². The van der Waals surface area contributed by atoms with Gasteiger partial charge in [-0.1, -0.05) is 16.5 Å². The molecule has 0 bridgehead atoms. The van der Waals surface area contributed by atoms with Crippen molar-refractivity contribution in [2.75, 3.05) is 18.0 Å². The van der Waals surface area contributed by atoms with Gasteiger partial charge in [0.05, 0.1) is 11.1 Å². The van der Waals surface area contributed by atoms with Crippen molar-refractivity contribution in [1.82, 2.24) is 4.98 Å². The van der Waals surface area contributed by atoms with E-state index < -0.39 is 0 Å². The highest BCUT2D eigenvalue weighted by Gasteiger charge is 2.05. The molecular weight excluding hydrogens is 186 g/mol. The van der Waals surface area contributed by atoms with E-state index in [4.69, 9.17) is 5.21 Å². The molecule has 0 aliphatic carbocycles. The third-order valence-electron chi connectivity index (χ3n) is 1.73. The van der Waals surface area contributed by atoms with Gasteiger partial charge >= 0.3 is 0 Å². The minimum absolute atomic E-state index is 0.865. The van der Waals surface area contributed by atoms with Gasteiger partial charge in [-0.2, -0.15) is 0 Å². The molecule has 0 aliphatic heterocycles. The first-order valence-corrected chi connectivity index (χ1v) is 5.01. The van der Waals surface area contributed by atoms with E-state index in [0.717, 1.165) is 23.1 Å². The van der Waals surface area contributed by atoms with Crippen LogP contribution in [0.2, 0.25) is 0 Å². The Bertz CT molecular complexity index is 281. The fourth-order valence-corrected chi connectivity index (χ4v) is 1.94. The molecule has 0 fully saturated rings. The minimum Gasteiger partial charge on any atom is -0.411 e. The molecule has 0 unspecified atom stereocenters. The lowest BCUT2D eigenvalue weighted by Crippen LogP contribution is -2.21. The van der Waals surface area contributed by atoms with Crippen molar-refractivity contribution in [2.24, 2.45) is 5.16 Å². The minimum atomic E-state index is 0.865. The van der Waals surface area contributed by atoms with E-state index in [0.29, 0.717) is 0 Å². The van der Waals surface area contributed by atoms with Crippen molar-refractivity contribution in [3.63, 3.8) is 0 Å². The van der Waals surface area contributed by atoms with Crippen molar-refractivity contribution in [3.05, 3.63) is 11.1 Å². The molecule has 0 radical (unpaired) electrons. The van der Waals surface area contributed by atoms with Crippen molar-refractivity contribution < 1.29 is 5.21 Å². The lowest BCUT2D eigenvalue weighted by Gasteiger charge is -2.16. The number of aromatic nitrogens is 1. The molecule has 1 aromatic rings. The fourth-order valence-electron chi connectivity index (χ4n) is 1.03. The summed E-state index contributed by atoms with van der Waals surface area (Å²) >= 11 is 1.52. The first kappa shape index (κ1) is 9.98. The Kier molecular flexibility index (Phi) is 3.70. The SMILES string of the molecule is CCN(CC)c1ncc(/C=N/O)s1. The largest absolute Gasteiger partial charge is 0.411 e. The second-order valence-electron chi connectivity index (χ2n) is 2.46. The summed E-state index contributed by atoms with van der Waals surface area (Å²) in [4.78, 5) is 7.24. The number of hydrogen-bond acceptors (Lipinski definition) is 5. The van der Waals surface area contributed by atoms with Crippen LogP contribution >= 0.6 is 11.3 Å². The number of anilines is 1. The lowest BCUT2D eigenvalue weighted by molar-refractivity contribution is 0.322. The molecule has 0 atom stereocenters. The van der Waals surface area contributed by atoms with Crippen LogP contribution in [0.3, 0.4) is 0 Å². The Labute approximate surface area is 81.5 Å². The smallest absolute Gasteiger partial charge is 0.185 e. The summed E-state index contributed by atoms with van der Waals surface area (Å²) in [6.07, 6.45) is 3.10. The molecule has 1 rings (SSSR count). The average Bonchev–Trinajstić information content (AvgIpc) is 2.56. The van der Waals surface area contributed by atoms with E-state index in [1.54, 1.807) is 6.20 Å². The molecule has 4 nitrogen and oxygen atoms in total. The van der Waals surface area contributed by atoms with Gasteiger partial charge in [-0.05, 0) is 13.8 Å². The Morgan fingerprint density at radius 2 is 2.31 bits per heavy atom. The third kappa shape index (κ3) is 2.42. The highest BCUT2D eigenvalue weighted by Crippen LogP contribution is 2.20. The van der Waals surface area contributed by atoms with E-state index in [1.807, 2.05) is 0 Å². The van der Waals surface area contributed by atoms with Gasteiger partial charge in [0.2, 0.25) is 0 Å². The van der Waals surface area contributed by atoms with E-state index in [9.17, 15) is 0 Å². The molecule has 0 amide bonds. The molecule has 0 aromatic carbocycles. The molecule has 0 saturated carbocycles. The predicted octanol–water partition coefficient (Wildman–Crippen LogP) is 1.80. The molecule has 1 heterocycles. The van der Waals surface area contributed by atoms with Crippen LogP contribution in [0.1, 0.15) is 18.7 Å². The predicted molar refractivity (Wildman–Crippen MR) is 55.1 cm³/mol. The summed E-state index contributed by atoms with van der Waals surface area (Å²) in [5.41, 5.74) is 0. The Morgan fingerprint density at radius 3 is 2.85 bits per heavy atom. The highest BCUT2D eigenvalue weighted by atomic mass is 32.1. The van der Waals surface area contributed by atoms with Crippen molar-refractivity contribution in [1.29, 1.82) is 0 Å². The number of thiazole rings is 1. The highest BCUT2D eigenvalue weighted by molar-refractivity contribution is 7.17. The topological polar surface area (TPSA) is 48.7 Å². The third-order valence-corrected chi connectivity index (χ3v) is 2.72. The Hall–Kier alpha value is -1.10. The number of nitrogens with zero attached hydrogens (tertiary/aromatic N) is 3. The molecule has 0 saturated heterocycles. The van der Waals surface area contributed by atoms with Crippen LogP contribution < -0.4 is 4.90 Å². The fraction of sp³-hybridized carbons (Fsp3) is 0.500. The van der Waals surface area contributed by atoms with Crippen molar-refractivity contribution in [3.8, 4) is 0 Å². The van der Waals surface area contributed by atoms with Crippen LogP contribution in [0.4, 0.5) is 5.13 Å². The number of rotatable bonds is 4. The summed E-state index contributed by atoms with van der Waals surface area (Å²) < 4.78 is 0. The van der Waals surface area contributed by atoms with Crippen LogP contribution in [0.15, 0.2) is 11.4 Å². The zero-order chi connectivity index (χ0) is 9.68. The molecular formula is C8H13N3OS. The van der Waals surface area contributed by atoms with Gasteiger partial charge in [-0.3, -0.25) is 0 Å². The number of hydrogen-bond donors (Lipinski definition) is 1. The Morgan fingerprint density at radius 1 is 1.62 bits per heavy atom. The summed E-state index contributed by atoms with van der Waals surface area (Å²) in [6, 6.07) is 0.